The fourth-order valence-corrected chi connectivity index (χ4v) is 3.77. The lowest BCUT2D eigenvalue weighted by Gasteiger charge is -2.33. The van der Waals surface area contributed by atoms with Crippen LogP contribution in [0.1, 0.15) is 71.6 Å². The van der Waals surface area contributed by atoms with Crippen LogP contribution in [0.5, 0.6) is 0 Å². The molecule has 112 valence electrons. The van der Waals surface area contributed by atoms with Gasteiger partial charge in [-0.2, -0.15) is 0 Å². The summed E-state index contributed by atoms with van der Waals surface area (Å²) in [5.41, 5.74) is 0. The molecule has 0 radical (unpaired) electrons. The second kappa shape index (κ2) is 8.26. The molecular weight excluding hydrogens is 234 g/mol. The van der Waals surface area contributed by atoms with E-state index in [1.807, 2.05) is 0 Å². The van der Waals surface area contributed by atoms with E-state index in [2.05, 4.69) is 19.2 Å². The Hall–Kier alpha value is -0.0800. The SMILES string of the molecule is CCCC1CC(NCC2CCC(CC)CC2)CCO1. The van der Waals surface area contributed by atoms with Crippen LogP contribution in [0.15, 0.2) is 0 Å². The van der Waals surface area contributed by atoms with Crippen molar-refractivity contribution in [2.75, 3.05) is 13.2 Å². The van der Waals surface area contributed by atoms with E-state index >= 15 is 0 Å². The summed E-state index contributed by atoms with van der Waals surface area (Å²) in [6.45, 7) is 6.82. The van der Waals surface area contributed by atoms with Crippen LogP contribution in [-0.2, 0) is 4.74 Å². The Balaban J connectivity index is 1.62. The first-order valence-corrected chi connectivity index (χ1v) is 8.66. The lowest BCUT2D eigenvalue weighted by molar-refractivity contribution is -0.00401. The third-order valence-corrected chi connectivity index (χ3v) is 5.22. The van der Waals surface area contributed by atoms with E-state index in [0.717, 1.165) is 18.4 Å². The average molecular weight is 267 g/mol. The Kier molecular flexibility index (Phi) is 6.66. The van der Waals surface area contributed by atoms with Crippen molar-refractivity contribution in [2.45, 2.75) is 83.8 Å². The minimum Gasteiger partial charge on any atom is -0.378 e. The van der Waals surface area contributed by atoms with E-state index in [1.54, 1.807) is 0 Å². The van der Waals surface area contributed by atoms with Crippen LogP contribution in [0, 0.1) is 11.8 Å². The van der Waals surface area contributed by atoms with Gasteiger partial charge in [-0.3, -0.25) is 0 Å². The van der Waals surface area contributed by atoms with Gasteiger partial charge in [0.15, 0.2) is 0 Å². The third-order valence-electron chi connectivity index (χ3n) is 5.22. The maximum Gasteiger partial charge on any atom is 0.0589 e. The minimum absolute atomic E-state index is 0.520. The molecule has 0 spiro atoms. The molecule has 2 atom stereocenters. The predicted octanol–water partition coefficient (Wildman–Crippen LogP) is 4.14. The van der Waals surface area contributed by atoms with Crippen LogP contribution in [0.25, 0.3) is 0 Å². The quantitative estimate of drug-likeness (QED) is 0.781. The normalized spacial score (nSPS) is 36.3. The summed E-state index contributed by atoms with van der Waals surface area (Å²) in [4.78, 5) is 0. The summed E-state index contributed by atoms with van der Waals surface area (Å²) in [6.07, 6.45) is 12.7. The zero-order valence-electron chi connectivity index (χ0n) is 13.0. The molecular formula is C17H33NO. The zero-order valence-corrected chi connectivity index (χ0v) is 13.0. The average Bonchev–Trinajstić information content (AvgIpc) is 2.46. The number of nitrogens with one attached hydrogen (secondary N) is 1. The van der Waals surface area contributed by atoms with Gasteiger partial charge in [0.2, 0.25) is 0 Å². The summed E-state index contributed by atoms with van der Waals surface area (Å²) in [6, 6.07) is 0.717. The van der Waals surface area contributed by atoms with Crippen LogP contribution in [0.3, 0.4) is 0 Å². The fourth-order valence-electron chi connectivity index (χ4n) is 3.77. The molecule has 1 aliphatic heterocycles. The second-order valence-electron chi connectivity index (χ2n) is 6.71. The smallest absolute Gasteiger partial charge is 0.0589 e. The number of ether oxygens (including phenoxy) is 1. The van der Waals surface area contributed by atoms with Gasteiger partial charge in [-0.25, -0.2) is 0 Å². The van der Waals surface area contributed by atoms with Gasteiger partial charge in [-0.15, -0.1) is 0 Å². The van der Waals surface area contributed by atoms with E-state index in [4.69, 9.17) is 4.74 Å². The summed E-state index contributed by atoms with van der Waals surface area (Å²) in [5.74, 6) is 1.96. The van der Waals surface area contributed by atoms with Crippen LogP contribution in [0.2, 0.25) is 0 Å². The highest BCUT2D eigenvalue weighted by Crippen LogP contribution is 2.30. The summed E-state index contributed by atoms with van der Waals surface area (Å²) >= 11 is 0. The standard InChI is InChI=1S/C17H33NO/c1-3-5-17-12-16(10-11-19-17)18-13-15-8-6-14(4-2)7-9-15/h14-18H,3-13H2,1-2H3. The monoisotopic (exact) mass is 267 g/mol. The van der Waals surface area contributed by atoms with E-state index in [-0.39, 0.29) is 0 Å². The molecule has 2 rings (SSSR count). The largest absolute Gasteiger partial charge is 0.378 e. The van der Waals surface area contributed by atoms with Gasteiger partial charge in [0, 0.05) is 12.6 Å². The molecule has 2 nitrogen and oxygen atoms in total. The third kappa shape index (κ3) is 5.07. The molecule has 2 fully saturated rings. The Morgan fingerprint density at radius 1 is 1.00 bits per heavy atom. The van der Waals surface area contributed by atoms with Crippen molar-refractivity contribution in [3.8, 4) is 0 Å². The highest BCUT2D eigenvalue weighted by Gasteiger charge is 2.24. The molecule has 19 heavy (non-hydrogen) atoms. The van der Waals surface area contributed by atoms with Crippen LogP contribution >= 0.6 is 0 Å². The summed E-state index contributed by atoms with van der Waals surface area (Å²) in [5, 5.41) is 3.83. The second-order valence-corrected chi connectivity index (χ2v) is 6.71. The first kappa shape index (κ1) is 15.3. The molecule has 0 bridgehead atoms. The Bertz CT molecular complexity index is 233. The van der Waals surface area contributed by atoms with Crippen molar-refractivity contribution in [3.05, 3.63) is 0 Å². The molecule has 0 aromatic carbocycles. The van der Waals surface area contributed by atoms with E-state index in [1.165, 1.54) is 64.3 Å². The van der Waals surface area contributed by atoms with Gasteiger partial charge >= 0.3 is 0 Å². The molecule has 0 amide bonds. The van der Waals surface area contributed by atoms with Gasteiger partial charge in [-0.05, 0) is 50.5 Å². The molecule has 2 unspecified atom stereocenters. The maximum atomic E-state index is 5.83. The molecule has 1 heterocycles. The van der Waals surface area contributed by atoms with Gasteiger partial charge in [0.1, 0.15) is 0 Å². The lowest BCUT2D eigenvalue weighted by atomic mass is 9.80. The highest BCUT2D eigenvalue weighted by molar-refractivity contribution is 4.79. The van der Waals surface area contributed by atoms with Crippen molar-refractivity contribution >= 4 is 0 Å². The van der Waals surface area contributed by atoms with Gasteiger partial charge in [-0.1, -0.05) is 39.5 Å². The molecule has 0 aromatic rings. The lowest BCUT2D eigenvalue weighted by Crippen LogP contribution is -2.41. The Labute approximate surface area is 119 Å². The van der Waals surface area contributed by atoms with Crippen LogP contribution in [-0.4, -0.2) is 25.3 Å². The molecule has 2 aliphatic rings. The Morgan fingerprint density at radius 3 is 2.42 bits per heavy atom. The topological polar surface area (TPSA) is 21.3 Å². The van der Waals surface area contributed by atoms with E-state index in [0.29, 0.717) is 12.1 Å². The number of rotatable bonds is 6. The molecule has 1 aliphatic carbocycles. The molecule has 1 saturated carbocycles. The maximum absolute atomic E-state index is 5.83. The fraction of sp³-hybridized carbons (Fsp3) is 1.00. The molecule has 1 saturated heterocycles. The zero-order chi connectivity index (χ0) is 13.5. The first-order chi connectivity index (χ1) is 9.31. The summed E-state index contributed by atoms with van der Waals surface area (Å²) < 4.78 is 5.83. The highest BCUT2D eigenvalue weighted by atomic mass is 16.5. The van der Waals surface area contributed by atoms with E-state index < -0.39 is 0 Å². The Morgan fingerprint density at radius 2 is 1.74 bits per heavy atom. The first-order valence-electron chi connectivity index (χ1n) is 8.66. The molecule has 1 N–H and O–H groups in total. The van der Waals surface area contributed by atoms with Gasteiger partial charge in [0.25, 0.3) is 0 Å². The number of hydrogen-bond acceptors (Lipinski definition) is 2. The van der Waals surface area contributed by atoms with Crippen molar-refractivity contribution in [2.24, 2.45) is 11.8 Å². The van der Waals surface area contributed by atoms with Gasteiger partial charge < -0.3 is 10.1 Å². The molecule has 0 aromatic heterocycles. The van der Waals surface area contributed by atoms with Crippen molar-refractivity contribution in [3.63, 3.8) is 0 Å². The minimum atomic E-state index is 0.520. The molecule has 2 heteroatoms. The van der Waals surface area contributed by atoms with Crippen molar-refractivity contribution < 1.29 is 4.74 Å². The van der Waals surface area contributed by atoms with Crippen molar-refractivity contribution in [1.29, 1.82) is 0 Å². The van der Waals surface area contributed by atoms with Crippen molar-refractivity contribution in [1.82, 2.24) is 5.32 Å². The van der Waals surface area contributed by atoms with Gasteiger partial charge in [0.05, 0.1) is 6.10 Å². The summed E-state index contributed by atoms with van der Waals surface area (Å²) in [7, 11) is 0. The number of hydrogen-bond donors (Lipinski definition) is 1. The van der Waals surface area contributed by atoms with Crippen LogP contribution < -0.4 is 5.32 Å². The van der Waals surface area contributed by atoms with E-state index in [9.17, 15) is 0 Å². The predicted molar refractivity (Wildman–Crippen MR) is 81.4 cm³/mol. The van der Waals surface area contributed by atoms with Crippen LogP contribution in [0.4, 0.5) is 0 Å².